The van der Waals surface area contributed by atoms with Gasteiger partial charge in [0.2, 0.25) is 0 Å². The Kier molecular flexibility index (Phi) is 7.08. The van der Waals surface area contributed by atoms with Crippen LogP contribution in [-0.2, 0) is 9.47 Å². The summed E-state index contributed by atoms with van der Waals surface area (Å²) in [5.74, 6) is 0.614. The standard InChI is InChI=1S/C12H21NO3S/c1-3-15-11(14)13-12(17-2)16-9-10-7-5-4-6-8-10/h10H,3-9H2,1-2H3. The number of hydrogen-bond acceptors (Lipinski definition) is 4. The predicted molar refractivity (Wildman–Crippen MR) is 70.5 cm³/mol. The van der Waals surface area contributed by atoms with Crippen molar-refractivity contribution in [2.45, 2.75) is 39.0 Å². The van der Waals surface area contributed by atoms with E-state index >= 15 is 0 Å². The molecule has 4 nitrogen and oxygen atoms in total. The van der Waals surface area contributed by atoms with E-state index in [4.69, 9.17) is 9.47 Å². The zero-order chi connectivity index (χ0) is 12.5. The van der Waals surface area contributed by atoms with Gasteiger partial charge in [-0.05, 0) is 31.9 Å². The monoisotopic (exact) mass is 259 g/mol. The van der Waals surface area contributed by atoms with Crippen LogP contribution in [-0.4, -0.2) is 30.8 Å². The van der Waals surface area contributed by atoms with Gasteiger partial charge in [-0.25, -0.2) is 4.79 Å². The van der Waals surface area contributed by atoms with Crippen LogP contribution >= 0.6 is 11.8 Å². The maximum absolute atomic E-state index is 11.2. The number of rotatable bonds is 3. The molecule has 1 fully saturated rings. The van der Waals surface area contributed by atoms with Gasteiger partial charge in [0.15, 0.2) is 0 Å². The predicted octanol–water partition coefficient (Wildman–Crippen LogP) is 3.46. The molecule has 0 aliphatic heterocycles. The van der Waals surface area contributed by atoms with Crippen LogP contribution in [0.2, 0.25) is 0 Å². The van der Waals surface area contributed by atoms with Crippen molar-refractivity contribution in [1.82, 2.24) is 0 Å². The largest absolute Gasteiger partial charge is 0.472 e. The third-order valence-corrected chi connectivity index (χ3v) is 3.35. The molecule has 1 aliphatic carbocycles. The Morgan fingerprint density at radius 2 is 2.00 bits per heavy atom. The number of nitrogens with zero attached hydrogens (tertiary/aromatic N) is 1. The summed E-state index contributed by atoms with van der Waals surface area (Å²) in [5.41, 5.74) is 0. The lowest BCUT2D eigenvalue weighted by Crippen LogP contribution is -2.16. The molecule has 5 heteroatoms. The number of carbonyl (C=O) groups excluding carboxylic acids is 1. The fourth-order valence-corrected chi connectivity index (χ4v) is 2.26. The van der Waals surface area contributed by atoms with Crippen LogP contribution in [0.1, 0.15) is 39.0 Å². The highest BCUT2D eigenvalue weighted by atomic mass is 32.2. The molecule has 0 heterocycles. The Labute approximate surface area is 107 Å². The van der Waals surface area contributed by atoms with E-state index in [0.717, 1.165) is 0 Å². The second kappa shape index (κ2) is 8.39. The highest BCUT2D eigenvalue weighted by Gasteiger charge is 2.15. The number of thioether (sulfide) groups is 1. The molecule has 1 amide bonds. The van der Waals surface area contributed by atoms with Gasteiger partial charge in [-0.1, -0.05) is 31.0 Å². The van der Waals surface area contributed by atoms with E-state index in [1.54, 1.807) is 6.92 Å². The maximum Gasteiger partial charge on any atom is 0.437 e. The Hall–Kier alpha value is -0.710. The normalized spacial score (nSPS) is 17.9. The van der Waals surface area contributed by atoms with Crippen molar-refractivity contribution in [2.24, 2.45) is 10.9 Å². The van der Waals surface area contributed by atoms with Crippen LogP contribution in [0.5, 0.6) is 0 Å². The molecule has 1 saturated carbocycles. The maximum atomic E-state index is 11.2. The number of ether oxygens (including phenoxy) is 2. The fraction of sp³-hybridized carbons (Fsp3) is 0.833. The lowest BCUT2D eigenvalue weighted by Gasteiger charge is -2.21. The van der Waals surface area contributed by atoms with Gasteiger partial charge in [-0.3, -0.25) is 0 Å². The van der Waals surface area contributed by atoms with Crippen LogP contribution in [0.25, 0.3) is 0 Å². The Balaban J connectivity index is 2.32. The van der Waals surface area contributed by atoms with Crippen molar-refractivity contribution in [3.8, 4) is 0 Å². The zero-order valence-electron chi connectivity index (χ0n) is 10.6. The van der Waals surface area contributed by atoms with Gasteiger partial charge in [0.1, 0.15) is 0 Å². The van der Waals surface area contributed by atoms with Crippen molar-refractivity contribution < 1.29 is 14.3 Å². The molecule has 1 rings (SSSR count). The minimum Gasteiger partial charge on any atom is -0.472 e. The van der Waals surface area contributed by atoms with Crippen LogP contribution in [0.4, 0.5) is 4.79 Å². The topological polar surface area (TPSA) is 47.9 Å². The average molecular weight is 259 g/mol. The first-order valence-corrected chi connectivity index (χ1v) is 7.41. The van der Waals surface area contributed by atoms with Crippen molar-refractivity contribution in [2.75, 3.05) is 19.5 Å². The molecule has 0 aromatic carbocycles. The second-order valence-corrected chi connectivity index (χ2v) is 4.85. The summed E-state index contributed by atoms with van der Waals surface area (Å²) >= 11 is 1.34. The number of amides is 1. The van der Waals surface area contributed by atoms with Gasteiger partial charge in [-0.15, -0.1) is 4.99 Å². The van der Waals surface area contributed by atoms with Crippen molar-refractivity contribution >= 4 is 23.1 Å². The number of hydrogen-bond donors (Lipinski definition) is 0. The van der Waals surface area contributed by atoms with E-state index in [0.29, 0.717) is 24.4 Å². The van der Waals surface area contributed by atoms with Gasteiger partial charge < -0.3 is 9.47 Å². The summed E-state index contributed by atoms with van der Waals surface area (Å²) in [5, 5.41) is 0.411. The molecular weight excluding hydrogens is 238 g/mol. The Morgan fingerprint density at radius 1 is 1.29 bits per heavy atom. The van der Waals surface area contributed by atoms with Gasteiger partial charge in [-0.2, -0.15) is 0 Å². The summed E-state index contributed by atoms with van der Waals surface area (Å²) in [6.07, 6.45) is 7.64. The first kappa shape index (κ1) is 14.4. The van der Waals surface area contributed by atoms with Crippen LogP contribution in [0, 0.1) is 5.92 Å². The van der Waals surface area contributed by atoms with Crippen LogP contribution < -0.4 is 0 Å². The second-order valence-electron chi connectivity index (χ2n) is 4.10. The molecule has 0 bridgehead atoms. The Morgan fingerprint density at radius 3 is 2.59 bits per heavy atom. The quantitative estimate of drug-likeness (QED) is 0.575. The fourth-order valence-electron chi connectivity index (χ4n) is 1.91. The lowest BCUT2D eigenvalue weighted by molar-refractivity contribution is 0.161. The molecule has 0 saturated heterocycles. The molecule has 1 aliphatic rings. The van der Waals surface area contributed by atoms with E-state index in [1.807, 2.05) is 6.26 Å². The van der Waals surface area contributed by atoms with E-state index in [2.05, 4.69) is 4.99 Å². The van der Waals surface area contributed by atoms with E-state index < -0.39 is 6.09 Å². The third-order valence-electron chi connectivity index (χ3n) is 2.79. The van der Waals surface area contributed by atoms with Gasteiger partial charge in [0.25, 0.3) is 5.23 Å². The van der Waals surface area contributed by atoms with Crippen molar-refractivity contribution in [1.29, 1.82) is 0 Å². The van der Waals surface area contributed by atoms with Crippen LogP contribution in [0.3, 0.4) is 0 Å². The smallest absolute Gasteiger partial charge is 0.437 e. The lowest BCUT2D eigenvalue weighted by atomic mass is 9.90. The summed E-state index contributed by atoms with van der Waals surface area (Å²) in [7, 11) is 0. The van der Waals surface area contributed by atoms with Crippen LogP contribution in [0.15, 0.2) is 4.99 Å². The highest BCUT2D eigenvalue weighted by Crippen LogP contribution is 2.24. The molecule has 0 spiro atoms. The molecule has 0 N–H and O–H groups in total. The molecule has 0 atom stereocenters. The zero-order valence-corrected chi connectivity index (χ0v) is 11.4. The van der Waals surface area contributed by atoms with Crippen molar-refractivity contribution in [3.05, 3.63) is 0 Å². The molecule has 0 aromatic rings. The molecule has 0 aromatic heterocycles. The van der Waals surface area contributed by atoms with Gasteiger partial charge in [0.05, 0.1) is 13.2 Å². The summed E-state index contributed by atoms with van der Waals surface area (Å²) < 4.78 is 10.3. The molecule has 0 unspecified atom stereocenters. The summed E-state index contributed by atoms with van der Waals surface area (Å²) in [4.78, 5) is 14.9. The number of carbonyl (C=O) groups is 1. The van der Waals surface area contributed by atoms with Gasteiger partial charge >= 0.3 is 6.09 Å². The van der Waals surface area contributed by atoms with E-state index in [-0.39, 0.29) is 0 Å². The highest BCUT2D eigenvalue weighted by molar-refractivity contribution is 8.13. The minimum atomic E-state index is -0.569. The summed E-state index contributed by atoms with van der Waals surface area (Å²) in [6.45, 7) is 2.76. The first-order valence-electron chi connectivity index (χ1n) is 6.18. The minimum absolute atomic E-state index is 0.340. The summed E-state index contributed by atoms with van der Waals surface area (Å²) in [6, 6.07) is 0. The van der Waals surface area contributed by atoms with Gasteiger partial charge in [0, 0.05) is 0 Å². The Bertz CT molecular complexity index is 262. The van der Waals surface area contributed by atoms with E-state index in [1.165, 1.54) is 43.9 Å². The SMILES string of the molecule is CCOC(=O)N=C(OCC1CCCCC1)SC. The first-order chi connectivity index (χ1) is 8.26. The molecule has 17 heavy (non-hydrogen) atoms. The van der Waals surface area contributed by atoms with Crippen molar-refractivity contribution in [3.63, 3.8) is 0 Å². The third kappa shape index (κ3) is 5.96. The molecular formula is C12H21NO3S. The van der Waals surface area contributed by atoms with E-state index in [9.17, 15) is 4.79 Å². The number of aliphatic imine (C=N–C) groups is 1. The average Bonchev–Trinajstić information content (AvgIpc) is 2.36. The molecule has 98 valence electrons. The molecule has 0 radical (unpaired) electrons.